The molecule has 8 nitrogen and oxygen atoms in total. The number of hydrogen-bond donors (Lipinski definition) is 3. The van der Waals surface area contributed by atoms with Crippen LogP contribution in [0.2, 0.25) is 0 Å². The van der Waals surface area contributed by atoms with E-state index in [-0.39, 0.29) is 5.91 Å². The van der Waals surface area contributed by atoms with E-state index >= 15 is 0 Å². The van der Waals surface area contributed by atoms with Gasteiger partial charge >= 0.3 is 0 Å². The third-order valence-corrected chi connectivity index (χ3v) is 6.67. The number of rotatable bonds is 5. The van der Waals surface area contributed by atoms with Crippen LogP contribution in [0, 0.1) is 0 Å². The number of fused-ring (bicyclic) bond motifs is 2. The highest BCUT2D eigenvalue weighted by atomic mass is 16.1. The number of pyridine rings is 3. The molecule has 3 N–H and O–H groups in total. The third-order valence-electron chi connectivity index (χ3n) is 6.67. The van der Waals surface area contributed by atoms with Crippen LogP contribution in [-0.4, -0.2) is 36.0 Å². The van der Waals surface area contributed by atoms with Gasteiger partial charge in [-0.3, -0.25) is 24.8 Å². The van der Waals surface area contributed by atoms with Crippen LogP contribution in [0.25, 0.3) is 55.6 Å². The van der Waals surface area contributed by atoms with Crippen molar-refractivity contribution in [2.75, 3.05) is 5.32 Å². The highest BCUT2D eigenvalue weighted by molar-refractivity contribution is 6.04. The number of carbonyl (C=O) groups is 1. The summed E-state index contributed by atoms with van der Waals surface area (Å²) in [6.07, 6.45) is 8.79. The fraction of sp³-hybridized carbons (Fsp3) is 0. The molecule has 5 heterocycles. The van der Waals surface area contributed by atoms with Crippen molar-refractivity contribution in [3.8, 4) is 33.8 Å². The summed E-state index contributed by atoms with van der Waals surface area (Å²) in [5.74, 6) is -0.180. The second kappa shape index (κ2) is 9.35. The quantitative estimate of drug-likeness (QED) is 0.247. The Bertz CT molecular complexity index is 1960. The van der Waals surface area contributed by atoms with Crippen LogP contribution in [0.15, 0.2) is 110 Å². The third kappa shape index (κ3) is 4.19. The molecule has 0 atom stereocenters. The van der Waals surface area contributed by atoms with Gasteiger partial charge in [0, 0.05) is 57.8 Å². The summed E-state index contributed by atoms with van der Waals surface area (Å²) in [7, 11) is 0. The number of amides is 1. The van der Waals surface area contributed by atoms with Crippen LogP contribution in [0.1, 0.15) is 10.4 Å². The van der Waals surface area contributed by atoms with E-state index in [4.69, 9.17) is 0 Å². The number of nitrogens with one attached hydrogen (secondary N) is 3. The summed E-state index contributed by atoms with van der Waals surface area (Å²) >= 11 is 0. The monoisotopic (exact) mass is 507 g/mol. The van der Waals surface area contributed by atoms with Crippen LogP contribution in [-0.2, 0) is 0 Å². The van der Waals surface area contributed by atoms with Gasteiger partial charge in [0.25, 0.3) is 5.91 Å². The molecule has 39 heavy (non-hydrogen) atoms. The number of aromatic nitrogens is 6. The highest BCUT2D eigenvalue weighted by Crippen LogP contribution is 2.34. The maximum Gasteiger partial charge on any atom is 0.255 e. The molecule has 0 aliphatic rings. The van der Waals surface area contributed by atoms with Crippen molar-refractivity contribution in [3.05, 3.63) is 115 Å². The van der Waals surface area contributed by atoms with Gasteiger partial charge in [0.15, 0.2) is 0 Å². The first-order chi connectivity index (χ1) is 19.2. The van der Waals surface area contributed by atoms with Crippen molar-refractivity contribution in [2.45, 2.75) is 0 Å². The smallest absolute Gasteiger partial charge is 0.255 e. The van der Waals surface area contributed by atoms with Crippen LogP contribution in [0.4, 0.5) is 5.69 Å². The zero-order chi connectivity index (χ0) is 26.2. The van der Waals surface area contributed by atoms with Crippen LogP contribution < -0.4 is 5.32 Å². The van der Waals surface area contributed by atoms with E-state index in [9.17, 15) is 4.79 Å². The Labute approximate surface area is 222 Å². The lowest BCUT2D eigenvalue weighted by atomic mass is 10.0. The van der Waals surface area contributed by atoms with E-state index in [1.807, 2.05) is 60.8 Å². The average Bonchev–Trinajstić information content (AvgIpc) is 3.62. The first kappa shape index (κ1) is 22.6. The summed E-state index contributed by atoms with van der Waals surface area (Å²) in [6.45, 7) is 0. The van der Waals surface area contributed by atoms with Crippen molar-refractivity contribution in [1.82, 2.24) is 30.1 Å². The lowest BCUT2D eigenvalue weighted by Gasteiger charge is -2.08. The lowest BCUT2D eigenvalue weighted by Crippen LogP contribution is -2.11. The average molecular weight is 508 g/mol. The van der Waals surface area contributed by atoms with Gasteiger partial charge in [-0.1, -0.05) is 24.3 Å². The molecular formula is C31H21N7O. The minimum atomic E-state index is -0.180. The SMILES string of the molecule is O=C(Nc1cncc(-c2ccc3[nH]nc(-c4cc5c(-c6cccnc6)nccc5[nH]4)c3c2)c1)c1ccccc1. The summed E-state index contributed by atoms with van der Waals surface area (Å²) in [5.41, 5.74) is 8.45. The molecule has 0 saturated heterocycles. The second-order valence-electron chi connectivity index (χ2n) is 9.16. The molecule has 0 aliphatic heterocycles. The summed E-state index contributed by atoms with van der Waals surface area (Å²) < 4.78 is 0. The van der Waals surface area contributed by atoms with Crippen molar-refractivity contribution in [1.29, 1.82) is 0 Å². The fourth-order valence-electron chi connectivity index (χ4n) is 4.77. The van der Waals surface area contributed by atoms with Crippen LogP contribution in [0.3, 0.4) is 0 Å². The molecule has 1 amide bonds. The van der Waals surface area contributed by atoms with Gasteiger partial charge in [-0.25, -0.2) is 0 Å². The molecule has 2 aromatic carbocycles. The van der Waals surface area contributed by atoms with Gasteiger partial charge in [-0.05, 0) is 60.2 Å². The van der Waals surface area contributed by atoms with E-state index in [0.29, 0.717) is 11.3 Å². The van der Waals surface area contributed by atoms with E-state index in [0.717, 1.165) is 55.6 Å². The molecule has 8 heteroatoms. The lowest BCUT2D eigenvalue weighted by molar-refractivity contribution is 0.102. The Hall–Kier alpha value is -5.63. The minimum Gasteiger partial charge on any atom is -0.353 e. The number of carbonyl (C=O) groups excluding carboxylic acids is 1. The number of benzene rings is 2. The molecule has 5 aromatic heterocycles. The second-order valence-corrected chi connectivity index (χ2v) is 9.16. The number of aromatic amines is 2. The van der Waals surface area contributed by atoms with Gasteiger partial charge in [0.2, 0.25) is 0 Å². The Kier molecular flexibility index (Phi) is 5.41. The molecule has 0 bridgehead atoms. The van der Waals surface area contributed by atoms with Gasteiger partial charge in [-0.2, -0.15) is 5.10 Å². The van der Waals surface area contributed by atoms with Crippen LogP contribution >= 0.6 is 0 Å². The number of anilines is 1. The van der Waals surface area contributed by atoms with Crippen molar-refractivity contribution < 1.29 is 4.79 Å². The molecule has 0 fully saturated rings. The number of hydrogen-bond acceptors (Lipinski definition) is 5. The molecule has 0 spiro atoms. The van der Waals surface area contributed by atoms with Crippen molar-refractivity contribution in [2.24, 2.45) is 0 Å². The minimum absolute atomic E-state index is 0.180. The number of H-pyrrole nitrogens is 2. The molecule has 0 aliphatic carbocycles. The molecule has 186 valence electrons. The Morgan fingerprint density at radius 2 is 1.56 bits per heavy atom. The zero-order valence-electron chi connectivity index (χ0n) is 20.6. The molecule has 7 rings (SSSR count). The Morgan fingerprint density at radius 1 is 0.692 bits per heavy atom. The highest BCUT2D eigenvalue weighted by Gasteiger charge is 2.15. The maximum atomic E-state index is 12.6. The van der Waals surface area contributed by atoms with Crippen molar-refractivity contribution in [3.63, 3.8) is 0 Å². The Balaban J connectivity index is 1.25. The predicted molar refractivity (Wildman–Crippen MR) is 152 cm³/mol. The van der Waals surface area contributed by atoms with Crippen molar-refractivity contribution >= 4 is 33.4 Å². The fourth-order valence-corrected chi connectivity index (χ4v) is 4.77. The van der Waals surface area contributed by atoms with Gasteiger partial charge in [0.05, 0.1) is 28.8 Å². The van der Waals surface area contributed by atoms with Crippen LogP contribution in [0.5, 0.6) is 0 Å². The zero-order valence-corrected chi connectivity index (χ0v) is 20.6. The summed E-state index contributed by atoms with van der Waals surface area (Å²) in [4.78, 5) is 29.4. The van der Waals surface area contributed by atoms with E-state index in [2.05, 4.69) is 47.6 Å². The van der Waals surface area contributed by atoms with Gasteiger partial charge in [0.1, 0.15) is 5.69 Å². The van der Waals surface area contributed by atoms with E-state index in [1.54, 1.807) is 36.9 Å². The van der Waals surface area contributed by atoms with E-state index < -0.39 is 0 Å². The molecule has 7 aromatic rings. The largest absolute Gasteiger partial charge is 0.353 e. The molecule has 0 saturated carbocycles. The Morgan fingerprint density at radius 3 is 2.44 bits per heavy atom. The predicted octanol–water partition coefficient (Wildman–Crippen LogP) is 6.48. The summed E-state index contributed by atoms with van der Waals surface area (Å²) in [5, 5.41) is 12.7. The first-order valence-corrected chi connectivity index (χ1v) is 12.4. The molecule has 0 unspecified atom stereocenters. The maximum absolute atomic E-state index is 12.6. The summed E-state index contributed by atoms with van der Waals surface area (Å²) in [6, 6.07) is 25.1. The standard InChI is InChI=1S/C31H21N7O/c39-31(19-5-2-1-3-6-19)35-23-13-22(17-33-18-23)20-8-9-27-24(14-20)30(38-37-27)28-15-25-26(36-28)10-12-34-29(25)21-7-4-11-32-16-21/h1-18,36H,(H,35,39)(H,37,38). The normalized spacial score (nSPS) is 11.2. The molecule has 0 radical (unpaired) electrons. The topological polar surface area (TPSA) is 112 Å². The first-order valence-electron chi connectivity index (χ1n) is 12.4. The van der Waals surface area contributed by atoms with E-state index in [1.165, 1.54) is 0 Å². The number of nitrogens with zero attached hydrogens (tertiary/aromatic N) is 4. The molecular weight excluding hydrogens is 486 g/mol. The van der Waals surface area contributed by atoms with Gasteiger partial charge < -0.3 is 10.3 Å². The van der Waals surface area contributed by atoms with Gasteiger partial charge in [-0.15, -0.1) is 0 Å².